The normalized spacial score (nSPS) is 12.0. The Balaban J connectivity index is 2.37. The molecule has 0 aliphatic heterocycles. The Bertz CT molecular complexity index is 925. The Morgan fingerprint density at radius 2 is 2.12 bits per heavy atom. The van der Waals surface area contributed by atoms with E-state index in [1.165, 1.54) is 19.4 Å². The van der Waals surface area contributed by atoms with Gasteiger partial charge in [0.2, 0.25) is 4.80 Å². The van der Waals surface area contributed by atoms with Crippen LogP contribution in [0.15, 0.2) is 70.0 Å². The predicted octanol–water partition coefficient (Wildman–Crippen LogP) is 2.33. The molecule has 1 heterocycles. The fourth-order valence-corrected chi connectivity index (χ4v) is 2.70. The fourth-order valence-electron chi connectivity index (χ4n) is 1.81. The molecule has 1 aromatic heterocycles. The van der Waals surface area contributed by atoms with Gasteiger partial charge in [-0.2, -0.15) is 9.78 Å². The number of nitrogens with zero attached hydrogens (tertiary/aromatic N) is 3. The number of hydrogen-bond donors (Lipinski definition) is 0. The lowest BCUT2D eigenvalue weighted by Crippen LogP contribution is -2.30. The topological polar surface area (TPSA) is 73.0 Å². The quantitative estimate of drug-likeness (QED) is 0.453. The van der Waals surface area contributed by atoms with E-state index in [4.69, 9.17) is 0 Å². The van der Waals surface area contributed by atoms with Crippen molar-refractivity contribution in [3.63, 3.8) is 0 Å². The van der Waals surface area contributed by atoms with Crippen LogP contribution in [0.1, 0.15) is 15.2 Å². The van der Waals surface area contributed by atoms with Gasteiger partial charge in [-0.25, -0.2) is 4.79 Å². The Hall–Kier alpha value is -3.06. The van der Waals surface area contributed by atoms with Crippen LogP contribution in [0.25, 0.3) is 6.08 Å². The summed E-state index contributed by atoms with van der Waals surface area (Å²) >= 11 is 1.03. The molecule has 128 valence electrons. The van der Waals surface area contributed by atoms with Gasteiger partial charge < -0.3 is 4.74 Å². The first-order chi connectivity index (χ1) is 12.2. The monoisotopic (exact) mass is 355 g/mol. The Morgan fingerprint density at radius 1 is 1.36 bits per heavy atom. The van der Waals surface area contributed by atoms with Crippen LogP contribution in [0.3, 0.4) is 0 Å². The van der Waals surface area contributed by atoms with Crippen molar-refractivity contribution in [2.75, 3.05) is 13.7 Å². The molecule has 0 saturated carbocycles. The van der Waals surface area contributed by atoms with Crippen LogP contribution in [0.2, 0.25) is 0 Å². The smallest absolute Gasteiger partial charge is 0.348 e. The number of benzene rings is 1. The van der Waals surface area contributed by atoms with E-state index in [1.54, 1.807) is 12.2 Å². The van der Waals surface area contributed by atoms with Crippen LogP contribution in [-0.4, -0.2) is 30.5 Å². The Kier molecular flexibility index (Phi) is 6.79. The molecule has 6 nitrogen and oxygen atoms in total. The maximum Gasteiger partial charge on any atom is 0.348 e. The van der Waals surface area contributed by atoms with Gasteiger partial charge in [-0.3, -0.25) is 9.79 Å². The van der Waals surface area contributed by atoms with Gasteiger partial charge in [0.1, 0.15) is 4.88 Å². The zero-order chi connectivity index (χ0) is 18.1. The molecule has 0 N–H and O–H groups in total. The number of allylic oxidation sites excluding steroid dienone is 1. The number of carbonyl (C=O) groups excluding carboxylic acids is 1. The highest BCUT2D eigenvalue weighted by Gasteiger charge is 2.10. The molecule has 0 aliphatic rings. The van der Waals surface area contributed by atoms with Gasteiger partial charge in [-0.15, -0.1) is 6.58 Å². The third-order valence-electron chi connectivity index (χ3n) is 2.94. The second-order valence-corrected chi connectivity index (χ2v) is 5.71. The van der Waals surface area contributed by atoms with Gasteiger partial charge in [0.05, 0.1) is 13.7 Å². The molecule has 7 heteroatoms. The first-order valence-electron chi connectivity index (χ1n) is 7.38. The van der Waals surface area contributed by atoms with Crippen LogP contribution in [0, 0.1) is 0 Å². The van der Waals surface area contributed by atoms with Gasteiger partial charge in [-0.1, -0.05) is 53.8 Å². The van der Waals surface area contributed by atoms with Crippen molar-refractivity contribution in [1.82, 2.24) is 4.68 Å². The van der Waals surface area contributed by atoms with E-state index in [9.17, 15) is 9.59 Å². The summed E-state index contributed by atoms with van der Waals surface area (Å²) in [6.07, 6.45) is 6.66. The zero-order valence-electron chi connectivity index (χ0n) is 13.7. The summed E-state index contributed by atoms with van der Waals surface area (Å²) in [6.45, 7) is 3.89. The summed E-state index contributed by atoms with van der Waals surface area (Å²) in [5, 5.41) is 4.12. The molecule has 0 fully saturated rings. The third-order valence-corrected chi connectivity index (χ3v) is 3.93. The average molecular weight is 355 g/mol. The van der Waals surface area contributed by atoms with Crippen molar-refractivity contribution in [3.05, 3.63) is 80.7 Å². The fraction of sp³-hybridized carbons (Fsp3) is 0.111. The molecular formula is C18H17N3O3S. The zero-order valence-corrected chi connectivity index (χ0v) is 14.5. The summed E-state index contributed by atoms with van der Waals surface area (Å²) in [5.41, 5.74) is 0.549. The van der Waals surface area contributed by atoms with Gasteiger partial charge in [0.15, 0.2) is 0 Å². The second-order valence-electron chi connectivity index (χ2n) is 4.70. The van der Waals surface area contributed by atoms with Gasteiger partial charge in [0, 0.05) is 12.3 Å². The second kappa shape index (κ2) is 9.29. The molecule has 0 atom stereocenters. The van der Waals surface area contributed by atoms with Crippen molar-refractivity contribution >= 4 is 29.6 Å². The summed E-state index contributed by atoms with van der Waals surface area (Å²) < 4.78 is 5.78. The average Bonchev–Trinajstić information content (AvgIpc) is 2.64. The van der Waals surface area contributed by atoms with Gasteiger partial charge in [0.25, 0.3) is 5.56 Å². The van der Waals surface area contributed by atoms with Crippen molar-refractivity contribution in [1.29, 1.82) is 0 Å². The highest BCUT2D eigenvalue weighted by Crippen LogP contribution is 2.02. The lowest BCUT2D eigenvalue weighted by atomic mass is 10.2. The summed E-state index contributed by atoms with van der Waals surface area (Å²) in [4.78, 5) is 28.6. The van der Waals surface area contributed by atoms with Crippen LogP contribution < -0.4 is 10.4 Å². The number of aromatic nitrogens is 1. The molecule has 2 rings (SSSR count). The summed E-state index contributed by atoms with van der Waals surface area (Å²) in [6, 6.07) is 10.9. The molecule has 25 heavy (non-hydrogen) atoms. The van der Waals surface area contributed by atoms with E-state index in [-0.39, 0.29) is 9.68 Å². The molecular weight excluding hydrogens is 338 g/mol. The Morgan fingerprint density at radius 3 is 2.80 bits per heavy atom. The molecule has 0 unspecified atom stereocenters. The van der Waals surface area contributed by atoms with Crippen molar-refractivity contribution in [2.45, 2.75) is 0 Å². The number of ether oxygens (including phenoxy) is 1. The number of esters is 1. The molecule has 0 amide bonds. The van der Waals surface area contributed by atoms with Gasteiger partial charge >= 0.3 is 5.97 Å². The Labute approximate surface area is 148 Å². The minimum atomic E-state index is -0.586. The van der Waals surface area contributed by atoms with Crippen molar-refractivity contribution in [2.24, 2.45) is 10.1 Å². The largest absolute Gasteiger partial charge is 0.465 e. The van der Waals surface area contributed by atoms with Crippen molar-refractivity contribution in [3.8, 4) is 0 Å². The number of rotatable bonds is 6. The van der Waals surface area contributed by atoms with Crippen LogP contribution in [0.5, 0.6) is 0 Å². The molecule has 0 aliphatic carbocycles. The summed E-state index contributed by atoms with van der Waals surface area (Å²) in [5.74, 6) is -0.586. The maximum atomic E-state index is 12.2. The van der Waals surface area contributed by atoms with E-state index in [1.807, 2.05) is 36.4 Å². The summed E-state index contributed by atoms with van der Waals surface area (Å²) in [7, 11) is 1.26. The molecule has 1 aromatic carbocycles. The predicted molar refractivity (Wildman–Crippen MR) is 99.9 cm³/mol. The van der Waals surface area contributed by atoms with Crippen LogP contribution in [0.4, 0.5) is 0 Å². The number of carbonyl (C=O) groups is 1. The van der Waals surface area contributed by atoms with Crippen LogP contribution >= 0.6 is 11.3 Å². The standard InChI is InChI=1S/C18H17N3O3S/c1-3-11-19-18-21(16(22)13-15(25-18)17(23)24-2)20-12-7-10-14-8-5-4-6-9-14/h3-10,12-13H,1,11H2,2H3/b10-7+,19-18?,20-12+. The van der Waals surface area contributed by atoms with Crippen LogP contribution in [-0.2, 0) is 4.74 Å². The molecule has 0 radical (unpaired) electrons. The number of methoxy groups -OCH3 is 1. The molecule has 0 saturated heterocycles. The van der Waals surface area contributed by atoms with Crippen molar-refractivity contribution < 1.29 is 9.53 Å². The minimum Gasteiger partial charge on any atom is -0.465 e. The molecule has 0 bridgehead atoms. The number of hydrogen-bond acceptors (Lipinski definition) is 6. The highest BCUT2D eigenvalue weighted by atomic mass is 32.1. The third kappa shape index (κ3) is 5.22. The highest BCUT2D eigenvalue weighted by molar-refractivity contribution is 7.11. The van der Waals surface area contributed by atoms with Gasteiger partial charge in [-0.05, 0) is 11.6 Å². The lowest BCUT2D eigenvalue weighted by Gasteiger charge is -2.01. The SMILES string of the molecule is C=CCN=c1sc(C(=O)OC)cc(=O)n1/N=C/C=C/c1ccccc1. The first-order valence-corrected chi connectivity index (χ1v) is 8.20. The molecule has 0 spiro atoms. The van der Waals surface area contributed by atoms with E-state index in [2.05, 4.69) is 21.4 Å². The van der Waals surface area contributed by atoms with E-state index in [0.29, 0.717) is 6.54 Å². The van der Waals surface area contributed by atoms with E-state index in [0.717, 1.165) is 21.6 Å². The first kappa shape index (κ1) is 18.3. The minimum absolute atomic E-state index is 0.168. The van der Waals surface area contributed by atoms with E-state index < -0.39 is 11.5 Å². The maximum absolute atomic E-state index is 12.2. The molecule has 2 aromatic rings. The lowest BCUT2D eigenvalue weighted by molar-refractivity contribution is 0.0606. The van der Waals surface area contributed by atoms with E-state index >= 15 is 0 Å².